The molecule has 0 spiro atoms. The van der Waals surface area contributed by atoms with E-state index in [1.165, 1.54) is 6.07 Å². The zero-order valence-corrected chi connectivity index (χ0v) is 15.5. The predicted molar refractivity (Wildman–Crippen MR) is 112 cm³/mol. The molecule has 1 amide bonds. The van der Waals surface area contributed by atoms with Gasteiger partial charge in [0.2, 0.25) is 0 Å². The van der Waals surface area contributed by atoms with E-state index in [0.29, 0.717) is 11.0 Å². The third kappa shape index (κ3) is 4.12. The first kappa shape index (κ1) is 18.3. The van der Waals surface area contributed by atoms with Crippen molar-refractivity contribution in [3.05, 3.63) is 88.8 Å². The third-order valence-electron chi connectivity index (χ3n) is 4.37. The molecule has 1 heterocycles. The Balaban J connectivity index is 1.34. The second-order valence-electron chi connectivity index (χ2n) is 6.27. The smallest absolute Gasteiger partial charge is 0.287 e. The molecular weight excluding hydrogens is 366 g/mol. The first-order valence-electron chi connectivity index (χ1n) is 9.10. The van der Waals surface area contributed by atoms with E-state index in [9.17, 15) is 9.59 Å². The molecule has 4 aromatic rings. The van der Waals surface area contributed by atoms with Gasteiger partial charge in [-0.1, -0.05) is 60.4 Å². The van der Waals surface area contributed by atoms with Crippen molar-refractivity contribution >= 4 is 27.6 Å². The van der Waals surface area contributed by atoms with Crippen LogP contribution < -0.4 is 15.5 Å². The van der Waals surface area contributed by atoms with Gasteiger partial charge in [0.25, 0.3) is 5.91 Å². The monoisotopic (exact) mass is 383 g/mol. The summed E-state index contributed by atoms with van der Waals surface area (Å²) in [6, 6.07) is 21.8. The molecule has 0 aliphatic heterocycles. The van der Waals surface area contributed by atoms with Crippen LogP contribution in [0.15, 0.2) is 82.0 Å². The van der Waals surface area contributed by atoms with Crippen molar-refractivity contribution in [2.24, 2.45) is 0 Å². The zero-order chi connectivity index (χ0) is 20.1. The van der Waals surface area contributed by atoms with E-state index in [1.807, 2.05) is 42.5 Å². The van der Waals surface area contributed by atoms with Gasteiger partial charge in [-0.3, -0.25) is 9.59 Å². The van der Waals surface area contributed by atoms with Crippen LogP contribution in [0.3, 0.4) is 0 Å². The summed E-state index contributed by atoms with van der Waals surface area (Å²) in [6.45, 7) is 0.323. The molecule has 1 aromatic heterocycles. The fourth-order valence-corrected chi connectivity index (χ4v) is 2.98. The first-order valence-corrected chi connectivity index (χ1v) is 9.10. The van der Waals surface area contributed by atoms with Gasteiger partial charge in [0.15, 0.2) is 11.2 Å². The number of hydrogen-bond donors (Lipinski definition) is 1. The number of hydrogen-bond acceptors (Lipinski definition) is 4. The minimum Gasteiger partial charge on any atom is -0.480 e. The minimum atomic E-state index is -0.489. The number of nitrogens with one attached hydrogen (secondary N) is 1. The Morgan fingerprint density at radius 2 is 1.69 bits per heavy atom. The number of ether oxygens (including phenoxy) is 1. The Morgan fingerprint density at radius 3 is 2.59 bits per heavy atom. The molecule has 0 bridgehead atoms. The molecule has 0 aliphatic carbocycles. The average molecular weight is 383 g/mol. The Bertz CT molecular complexity index is 1310. The maximum atomic E-state index is 12.2. The van der Waals surface area contributed by atoms with Crippen molar-refractivity contribution in [1.82, 2.24) is 5.32 Å². The number of rotatable bonds is 4. The average Bonchev–Trinajstić information content (AvgIpc) is 2.76. The highest BCUT2D eigenvalue weighted by molar-refractivity contribution is 5.93. The number of benzene rings is 3. The van der Waals surface area contributed by atoms with Crippen molar-refractivity contribution < 1.29 is 13.9 Å². The molecule has 29 heavy (non-hydrogen) atoms. The van der Waals surface area contributed by atoms with Gasteiger partial charge in [-0.2, -0.15) is 0 Å². The molecule has 0 radical (unpaired) electrons. The molecule has 0 fully saturated rings. The van der Waals surface area contributed by atoms with Crippen molar-refractivity contribution in [2.45, 2.75) is 0 Å². The van der Waals surface area contributed by atoms with Crippen molar-refractivity contribution in [3.63, 3.8) is 0 Å². The Kier molecular flexibility index (Phi) is 5.26. The summed E-state index contributed by atoms with van der Waals surface area (Å²) in [4.78, 5) is 24.3. The second kappa shape index (κ2) is 8.32. The number of amides is 1. The summed E-state index contributed by atoms with van der Waals surface area (Å²) in [5.41, 5.74) is 0.117. The number of para-hydroxylation sites is 1. The Labute approximate surface area is 166 Å². The molecule has 5 nitrogen and oxygen atoms in total. The van der Waals surface area contributed by atoms with E-state index < -0.39 is 5.91 Å². The van der Waals surface area contributed by atoms with E-state index in [0.717, 1.165) is 16.5 Å². The van der Waals surface area contributed by atoms with Crippen LogP contribution in [0, 0.1) is 11.8 Å². The van der Waals surface area contributed by atoms with Gasteiger partial charge in [0, 0.05) is 11.5 Å². The number of carbonyl (C=O) groups excluding carboxylic acids is 1. The third-order valence-corrected chi connectivity index (χ3v) is 4.37. The lowest BCUT2D eigenvalue weighted by Gasteiger charge is -2.06. The van der Waals surface area contributed by atoms with Crippen molar-refractivity contribution in [1.29, 1.82) is 0 Å². The molecule has 0 unspecified atom stereocenters. The molecule has 0 saturated carbocycles. The van der Waals surface area contributed by atoms with E-state index in [4.69, 9.17) is 9.15 Å². The maximum Gasteiger partial charge on any atom is 0.287 e. The fraction of sp³-hybridized carbons (Fsp3) is 0.0833. The molecule has 142 valence electrons. The summed E-state index contributed by atoms with van der Waals surface area (Å²) in [5.74, 6) is 5.93. The van der Waals surface area contributed by atoms with Crippen molar-refractivity contribution in [3.8, 4) is 17.6 Å². The maximum absolute atomic E-state index is 12.2. The lowest BCUT2D eigenvalue weighted by Crippen LogP contribution is -2.24. The van der Waals surface area contributed by atoms with Gasteiger partial charge in [-0.15, -0.1) is 0 Å². The van der Waals surface area contributed by atoms with Crippen LogP contribution in [0.25, 0.3) is 21.7 Å². The molecule has 0 saturated heterocycles. The highest BCUT2D eigenvalue weighted by Crippen LogP contribution is 2.24. The zero-order valence-electron chi connectivity index (χ0n) is 15.5. The molecule has 1 N–H and O–H groups in total. The van der Waals surface area contributed by atoms with Gasteiger partial charge in [-0.25, -0.2) is 0 Å². The number of fused-ring (bicyclic) bond motifs is 2. The SMILES string of the molecule is O=C(NCC#CCOc1cccc2ccccc12)c1cc(=O)c2ccccc2o1. The molecule has 0 aliphatic rings. The van der Waals surface area contributed by atoms with Crippen LogP contribution >= 0.6 is 0 Å². The van der Waals surface area contributed by atoms with E-state index in [2.05, 4.69) is 17.2 Å². The Hall–Kier alpha value is -4.04. The second-order valence-corrected chi connectivity index (χ2v) is 6.27. The summed E-state index contributed by atoms with van der Waals surface area (Å²) >= 11 is 0. The summed E-state index contributed by atoms with van der Waals surface area (Å²) in [6.07, 6.45) is 0. The van der Waals surface area contributed by atoms with E-state index in [1.54, 1.807) is 24.3 Å². The van der Waals surface area contributed by atoms with Gasteiger partial charge in [-0.05, 0) is 23.6 Å². The van der Waals surface area contributed by atoms with Crippen LogP contribution in [0.4, 0.5) is 0 Å². The van der Waals surface area contributed by atoms with Crippen LogP contribution in [-0.2, 0) is 0 Å². The van der Waals surface area contributed by atoms with Gasteiger partial charge >= 0.3 is 0 Å². The largest absolute Gasteiger partial charge is 0.480 e. The molecular formula is C24H17NO4. The lowest BCUT2D eigenvalue weighted by atomic mass is 10.1. The standard InChI is InChI=1S/C24H17NO4/c26-20-16-23(29-22-12-4-3-11-19(20)22)24(27)25-14-5-6-15-28-21-13-7-9-17-8-1-2-10-18(17)21/h1-4,7-13,16H,14-15H2,(H,25,27). The quantitative estimate of drug-likeness (QED) is 0.545. The Morgan fingerprint density at radius 1 is 0.931 bits per heavy atom. The molecule has 0 atom stereocenters. The summed E-state index contributed by atoms with van der Waals surface area (Å²) in [7, 11) is 0. The summed E-state index contributed by atoms with van der Waals surface area (Å²) < 4.78 is 11.2. The highest BCUT2D eigenvalue weighted by atomic mass is 16.5. The molecule has 3 aromatic carbocycles. The van der Waals surface area contributed by atoms with Crippen LogP contribution in [0.1, 0.15) is 10.6 Å². The fourth-order valence-electron chi connectivity index (χ4n) is 2.98. The van der Waals surface area contributed by atoms with Crippen LogP contribution in [0.2, 0.25) is 0 Å². The van der Waals surface area contributed by atoms with Crippen molar-refractivity contribution in [2.75, 3.05) is 13.2 Å². The normalized spacial score (nSPS) is 10.3. The number of carbonyl (C=O) groups is 1. The molecule has 5 heteroatoms. The van der Waals surface area contributed by atoms with Gasteiger partial charge in [0.05, 0.1) is 11.9 Å². The lowest BCUT2D eigenvalue weighted by molar-refractivity contribution is 0.0931. The van der Waals surface area contributed by atoms with Gasteiger partial charge < -0.3 is 14.5 Å². The topological polar surface area (TPSA) is 68.5 Å². The first-order chi connectivity index (χ1) is 14.2. The van der Waals surface area contributed by atoms with E-state index in [-0.39, 0.29) is 24.3 Å². The van der Waals surface area contributed by atoms with Gasteiger partial charge in [0.1, 0.15) is 17.9 Å². The summed E-state index contributed by atoms with van der Waals surface area (Å²) in [5, 5.41) is 5.18. The predicted octanol–water partition coefficient (Wildman–Crippen LogP) is 3.76. The minimum absolute atomic E-state index is 0.0393. The van der Waals surface area contributed by atoms with Crippen LogP contribution in [-0.4, -0.2) is 19.1 Å². The molecule has 4 rings (SSSR count). The van der Waals surface area contributed by atoms with Crippen LogP contribution in [0.5, 0.6) is 5.75 Å². The van der Waals surface area contributed by atoms with E-state index >= 15 is 0 Å². The highest BCUT2D eigenvalue weighted by Gasteiger charge is 2.11.